The standard InChI is InChI=1S/C21H20Cl2N4OS2/c1-2-10-27-19(13-29-12-15-8-9-17(22)18(23)11-15)25-26-21(27)30-14-20(28)24-16-6-4-3-5-7-16/h2-9,11H,1,10,12-14H2,(H,24,28). The summed E-state index contributed by atoms with van der Waals surface area (Å²) in [5, 5.41) is 13.2. The Morgan fingerprint density at radius 3 is 2.63 bits per heavy atom. The lowest BCUT2D eigenvalue weighted by Crippen LogP contribution is -2.14. The van der Waals surface area contributed by atoms with E-state index in [1.54, 1.807) is 23.9 Å². The average molecular weight is 479 g/mol. The van der Waals surface area contributed by atoms with Crippen molar-refractivity contribution in [3.63, 3.8) is 0 Å². The highest BCUT2D eigenvalue weighted by atomic mass is 35.5. The quantitative estimate of drug-likeness (QED) is 0.288. The molecular weight excluding hydrogens is 459 g/mol. The second-order valence-electron chi connectivity index (χ2n) is 6.24. The lowest BCUT2D eigenvalue weighted by molar-refractivity contribution is -0.113. The van der Waals surface area contributed by atoms with Crippen LogP contribution in [0.4, 0.5) is 5.69 Å². The number of aromatic nitrogens is 3. The zero-order chi connectivity index (χ0) is 21.3. The van der Waals surface area contributed by atoms with Gasteiger partial charge in [0.05, 0.1) is 21.6 Å². The van der Waals surface area contributed by atoms with E-state index in [1.807, 2.05) is 47.0 Å². The number of anilines is 1. The molecule has 9 heteroatoms. The number of thioether (sulfide) groups is 2. The van der Waals surface area contributed by atoms with E-state index in [9.17, 15) is 4.79 Å². The number of nitrogens with zero attached hydrogens (tertiary/aromatic N) is 3. The lowest BCUT2D eigenvalue weighted by atomic mass is 10.2. The summed E-state index contributed by atoms with van der Waals surface area (Å²) in [5.74, 6) is 2.46. The summed E-state index contributed by atoms with van der Waals surface area (Å²) in [7, 11) is 0. The van der Waals surface area contributed by atoms with Crippen molar-refractivity contribution >= 4 is 58.3 Å². The number of para-hydroxylation sites is 1. The van der Waals surface area contributed by atoms with Gasteiger partial charge in [0.15, 0.2) is 5.16 Å². The number of carbonyl (C=O) groups excluding carboxylic acids is 1. The van der Waals surface area contributed by atoms with Gasteiger partial charge in [0.25, 0.3) is 0 Å². The molecule has 1 aromatic heterocycles. The third kappa shape index (κ3) is 6.54. The van der Waals surface area contributed by atoms with Crippen LogP contribution in [0, 0.1) is 0 Å². The molecule has 1 heterocycles. The van der Waals surface area contributed by atoms with Crippen LogP contribution >= 0.6 is 46.7 Å². The van der Waals surface area contributed by atoms with Crippen LogP contribution < -0.4 is 5.32 Å². The Morgan fingerprint density at radius 1 is 1.10 bits per heavy atom. The fourth-order valence-corrected chi connectivity index (χ4v) is 4.58. The Morgan fingerprint density at radius 2 is 1.90 bits per heavy atom. The molecule has 0 fully saturated rings. The molecule has 1 amide bonds. The molecule has 0 atom stereocenters. The molecule has 0 bridgehead atoms. The zero-order valence-electron chi connectivity index (χ0n) is 16.1. The predicted molar refractivity (Wildman–Crippen MR) is 127 cm³/mol. The smallest absolute Gasteiger partial charge is 0.234 e. The number of benzene rings is 2. The van der Waals surface area contributed by atoms with Gasteiger partial charge in [-0.15, -0.1) is 28.5 Å². The summed E-state index contributed by atoms with van der Waals surface area (Å²) in [6.45, 7) is 4.40. The molecule has 0 saturated carbocycles. The Kier molecular flexibility index (Phi) is 8.69. The molecular formula is C21H20Cl2N4OS2. The molecule has 1 N–H and O–H groups in total. The van der Waals surface area contributed by atoms with Crippen LogP contribution in [-0.2, 0) is 22.8 Å². The summed E-state index contributed by atoms with van der Waals surface area (Å²) in [6, 6.07) is 15.0. The van der Waals surface area contributed by atoms with Gasteiger partial charge in [-0.05, 0) is 29.8 Å². The first-order valence-electron chi connectivity index (χ1n) is 9.09. The maximum atomic E-state index is 12.2. The van der Waals surface area contributed by atoms with Gasteiger partial charge in [0.2, 0.25) is 5.91 Å². The number of rotatable bonds is 10. The zero-order valence-corrected chi connectivity index (χ0v) is 19.2. The molecule has 5 nitrogen and oxygen atoms in total. The topological polar surface area (TPSA) is 59.8 Å². The van der Waals surface area contributed by atoms with Crippen LogP contribution in [0.5, 0.6) is 0 Å². The first-order chi connectivity index (χ1) is 14.6. The van der Waals surface area contributed by atoms with Crippen molar-refractivity contribution in [2.75, 3.05) is 11.1 Å². The Labute approximate surface area is 194 Å². The van der Waals surface area contributed by atoms with E-state index in [-0.39, 0.29) is 11.7 Å². The summed E-state index contributed by atoms with van der Waals surface area (Å²) in [5.41, 5.74) is 1.87. The fourth-order valence-electron chi connectivity index (χ4n) is 2.58. The van der Waals surface area contributed by atoms with Gasteiger partial charge in [-0.2, -0.15) is 0 Å². The molecule has 2 aromatic carbocycles. The van der Waals surface area contributed by atoms with Crippen molar-refractivity contribution in [3.8, 4) is 0 Å². The summed E-state index contributed by atoms with van der Waals surface area (Å²) >= 11 is 15.1. The van der Waals surface area contributed by atoms with E-state index in [0.29, 0.717) is 27.5 Å². The van der Waals surface area contributed by atoms with Gasteiger partial charge in [0.1, 0.15) is 5.82 Å². The molecule has 3 aromatic rings. The van der Waals surface area contributed by atoms with E-state index in [4.69, 9.17) is 23.2 Å². The van der Waals surface area contributed by atoms with Crippen molar-refractivity contribution in [1.29, 1.82) is 0 Å². The van der Waals surface area contributed by atoms with Crippen molar-refractivity contribution < 1.29 is 4.79 Å². The monoisotopic (exact) mass is 478 g/mol. The highest BCUT2D eigenvalue weighted by Crippen LogP contribution is 2.26. The van der Waals surface area contributed by atoms with Crippen molar-refractivity contribution in [1.82, 2.24) is 14.8 Å². The Bertz CT molecular complexity index is 1010. The van der Waals surface area contributed by atoms with Gasteiger partial charge in [-0.1, -0.05) is 65.3 Å². The normalized spacial score (nSPS) is 10.7. The van der Waals surface area contributed by atoms with Crippen LogP contribution in [-0.4, -0.2) is 26.4 Å². The van der Waals surface area contributed by atoms with E-state index in [0.717, 1.165) is 22.8 Å². The summed E-state index contributed by atoms with van der Waals surface area (Å²) in [6.07, 6.45) is 1.80. The van der Waals surface area contributed by atoms with Gasteiger partial charge in [0, 0.05) is 18.0 Å². The average Bonchev–Trinajstić information content (AvgIpc) is 3.12. The number of halogens is 2. The lowest BCUT2D eigenvalue weighted by Gasteiger charge is -2.08. The predicted octanol–water partition coefficient (Wildman–Crippen LogP) is 5.94. The SMILES string of the molecule is C=CCn1c(CSCc2ccc(Cl)c(Cl)c2)nnc1SCC(=O)Nc1ccccc1. The number of allylic oxidation sites excluding steroid dienone is 1. The molecule has 30 heavy (non-hydrogen) atoms. The van der Waals surface area contributed by atoms with Crippen LogP contribution in [0.15, 0.2) is 66.3 Å². The molecule has 3 rings (SSSR count). The third-order valence-corrected chi connectivity index (χ3v) is 6.68. The Balaban J connectivity index is 1.56. The van der Waals surface area contributed by atoms with Gasteiger partial charge in [-0.25, -0.2) is 0 Å². The van der Waals surface area contributed by atoms with Crippen LogP contribution in [0.3, 0.4) is 0 Å². The van der Waals surface area contributed by atoms with Crippen LogP contribution in [0.1, 0.15) is 11.4 Å². The third-order valence-electron chi connectivity index (χ3n) is 3.98. The molecule has 0 aliphatic carbocycles. The number of nitrogens with one attached hydrogen (secondary N) is 1. The van der Waals surface area contributed by atoms with E-state index >= 15 is 0 Å². The molecule has 156 valence electrons. The van der Waals surface area contributed by atoms with Gasteiger partial charge >= 0.3 is 0 Å². The maximum absolute atomic E-state index is 12.2. The van der Waals surface area contributed by atoms with E-state index < -0.39 is 0 Å². The first-order valence-corrected chi connectivity index (χ1v) is 12.0. The second kappa shape index (κ2) is 11.5. The largest absolute Gasteiger partial charge is 0.325 e. The maximum Gasteiger partial charge on any atom is 0.234 e. The number of hydrogen-bond donors (Lipinski definition) is 1. The fraction of sp³-hybridized carbons (Fsp3) is 0.190. The van der Waals surface area contributed by atoms with E-state index in [1.165, 1.54) is 11.8 Å². The van der Waals surface area contributed by atoms with Crippen molar-refractivity contribution in [2.24, 2.45) is 0 Å². The minimum atomic E-state index is -0.0881. The highest BCUT2D eigenvalue weighted by Gasteiger charge is 2.14. The summed E-state index contributed by atoms with van der Waals surface area (Å²) in [4.78, 5) is 12.2. The number of carbonyl (C=O) groups is 1. The number of amides is 1. The Hall–Kier alpha value is -1.93. The second-order valence-corrected chi connectivity index (χ2v) is 8.98. The van der Waals surface area contributed by atoms with Crippen molar-refractivity contribution in [2.45, 2.75) is 23.2 Å². The van der Waals surface area contributed by atoms with Crippen LogP contribution in [0.25, 0.3) is 0 Å². The number of hydrogen-bond acceptors (Lipinski definition) is 5. The summed E-state index contributed by atoms with van der Waals surface area (Å²) < 4.78 is 1.98. The molecule has 0 aliphatic rings. The van der Waals surface area contributed by atoms with Gasteiger partial charge in [-0.3, -0.25) is 4.79 Å². The van der Waals surface area contributed by atoms with Crippen molar-refractivity contribution in [3.05, 3.63) is 82.6 Å². The van der Waals surface area contributed by atoms with Crippen LogP contribution in [0.2, 0.25) is 10.0 Å². The highest BCUT2D eigenvalue weighted by molar-refractivity contribution is 7.99. The first kappa shape index (κ1) is 22.7. The minimum Gasteiger partial charge on any atom is -0.325 e. The molecule has 0 radical (unpaired) electrons. The molecule has 0 spiro atoms. The minimum absolute atomic E-state index is 0.0881. The van der Waals surface area contributed by atoms with E-state index in [2.05, 4.69) is 22.1 Å². The molecule has 0 aliphatic heterocycles. The van der Waals surface area contributed by atoms with Gasteiger partial charge < -0.3 is 9.88 Å². The molecule has 0 saturated heterocycles. The molecule has 0 unspecified atom stereocenters.